The summed E-state index contributed by atoms with van der Waals surface area (Å²) >= 11 is 0. The zero-order valence-corrected chi connectivity index (χ0v) is 18.1. The molecule has 0 spiro atoms. The lowest BCUT2D eigenvalue weighted by Crippen LogP contribution is -2.42. The maximum Gasteiger partial charge on any atom is 0.116 e. The van der Waals surface area contributed by atoms with Crippen molar-refractivity contribution < 1.29 is 0 Å². The summed E-state index contributed by atoms with van der Waals surface area (Å²) in [4.78, 5) is 24.3. The van der Waals surface area contributed by atoms with Gasteiger partial charge in [-0.25, -0.2) is 15.0 Å². The van der Waals surface area contributed by atoms with Gasteiger partial charge in [0.15, 0.2) is 0 Å². The molecule has 2 N–H and O–H groups in total. The maximum atomic E-state index is 4.80. The molecule has 0 atom stereocenters. The molecule has 1 saturated carbocycles. The second-order valence-corrected chi connectivity index (χ2v) is 8.88. The molecule has 0 radical (unpaired) electrons. The van der Waals surface area contributed by atoms with Gasteiger partial charge >= 0.3 is 0 Å². The lowest BCUT2D eigenvalue weighted by atomic mass is 10.1. The van der Waals surface area contributed by atoms with Crippen molar-refractivity contribution in [2.24, 2.45) is 0 Å². The predicted molar refractivity (Wildman–Crippen MR) is 124 cm³/mol. The van der Waals surface area contributed by atoms with E-state index in [-0.39, 0.29) is 0 Å². The largest absolute Gasteiger partial charge is 0.342 e. The molecule has 4 aromatic rings. The Bertz CT molecular complexity index is 1240. The van der Waals surface area contributed by atoms with Crippen LogP contribution < -0.4 is 5.32 Å². The molecule has 6 rings (SSSR count). The Balaban J connectivity index is 1.21. The summed E-state index contributed by atoms with van der Waals surface area (Å²) < 4.78 is 0. The molecule has 0 bridgehead atoms. The molecule has 0 amide bonds. The fourth-order valence-corrected chi connectivity index (χ4v) is 4.46. The van der Waals surface area contributed by atoms with Gasteiger partial charge in [0.05, 0.1) is 16.7 Å². The number of hydrogen-bond donors (Lipinski definition) is 2. The molecule has 162 valence electrons. The number of H-pyrrole nitrogens is 1. The average molecular weight is 426 g/mol. The highest BCUT2D eigenvalue weighted by Crippen LogP contribution is 2.39. The molecule has 2 fully saturated rings. The highest BCUT2D eigenvalue weighted by atomic mass is 15.2. The molecule has 1 aromatic carbocycles. The molecule has 1 aliphatic carbocycles. The van der Waals surface area contributed by atoms with Crippen molar-refractivity contribution in [3.8, 4) is 11.3 Å². The maximum absolute atomic E-state index is 4.80. The van der Waals surface area contributed by atoms with Crippen LogP contribution in [0.3, 0.4) is 0 Å². The topological polar surface area (TPSA) is 82.6 Å². The summed E-state index contributed by atoms with van der Waals surface area (Å²) in [6.45, 7) is 5.30. The number of benzene rings is 1. The second-order valence-electron chi connectivity index (χ2n) is 8.88. The van der Waals surface area contributed by atoms with Crippen molar-refractivity contribution in [2.45, 2.75) is 31.7 Å². The molecule has 0 unspecified atom stereocenters. The van der Waals surface area contributed by atoms with Gasteiger partial charge in [-0.3, -0.25) is 9.88 Å². The Kier molecular flexibility index (Phi) is 5.13. The van der Waals surface area contributed by atoms with Gasteiger partial charge in [0.2, 0.25) is 0 Å². The molecule has 7 nitrogen and oxygen atoms in total. The zero-order valence-electron chi connectivity index (χ0n) is 18.1. The van der Waals surface area contributed by atoms with Crippen LogP contribution in [0.5, 0.6) is 0 Å². The summed E-state index contributed by atoms with van der Waals surface area (Å²) in [5.74, 6) is 1.56. The van der Waals surface area contributed by atoms with E-state index in [2.05, 4.69) is 66.6 Å². The van der Waals surface area contributed by atoms with Gasteiger partial charge in [-0.2, -0.15) is 0 Å². The van der Waals surface area contributed by atoms with E-state index in [0.717, 1.165) is 72.2 Å². The molecule has 1 saturated heterocycles. The van der Waals surface area contributed by atoms with E-state index in [4.69, 9.17) is 4.98 Å². The Hall–Kier alpha value is -3.16. The number of rotatable bonds is 6. The van der Waals surface area contributed by atoms with Crippen LogP contribution in [0.15, 0.2) is 48.9 Å². The summed E-state index contributed by atoms with van der Waals surface area (Å²) in [6, 6.07) is 12.8. The number of piperazine rings is 1. The van der Waals surface area contributed by atoms with E-state index in [1.165, 1.54) is 18.4 Å². The normalized spacial score (nSPS) is 17.1. The van der Waals surface area contributed by atoms with E-state index in [1.807, 2.05) is 6.20 Å². The van der Waals surface area contributed by atoms with Crippen LogP contribution in [-0.4, -0.2) is 56.0 Å². The molecule has 2 aliphatic rings. The van der Waals surface area contributed by atoms with Crippen LogP contribution in [0.2, 0.25) is 0 Å². The molecule has 32 heavy (non-hydrogen) atoms. The molecular weight excluding hydrogens is 398 g/mol. The number of nitrogens with one attached hydrogen (secondary N) is 2. The number of aromatic nitrogens is 5. The summed E-state index contributed by atoms with van der Waals surface area (Å²) in [5.41, 5.74) is 7.58. The summed E-state index contributed by atoms with van der Waals surface area (Å²) in [7, 11) is 0. The standard InChI is InChI=1S/C25H27N7/c1-2-18(1)22-14-23(29-16-28-22)19-3-4-21-24(12-19)31-25(30-21)13-20-11-17(5-6-27-20)15-32-9-7-26-8-10-32/h3-6,11-12,14,16,18,26H,1-2,7-10,13,15H2,(H,30,31). The molecule has 4 heterocycles. The van der Waals surface area contributed by atoms with Crippen LogP contribution in [0.25, 0.3) is 22.3 Å². The summed E-state index contributed by atoms with van der Waals surface area (Å²) in [6.07, 6.45) is 6.78. The van der Waals surface area contributed by atoms with Crippen molar-refractivity contribution in [3.05, 3.63) is 71.7 Å². The Morgan fingerprint density at radius 3 is 2.75 bits per heavy atom. The molecular formula is C25H27N7. The highest BCUT2D eigenvalue weighted by molar-refractivity contribution is 5.81. The second kappa shape index (κ2) is 8.41. The van der Waals surface area contributed by atoms with Gasteiger partial charge in [-0.15, -0.1) is 0 Å². The van der Waals surface area contributed by atoms with Gasteiger partial charge in [-0.05, 0) is 48.7 Å². The van der Waals surface area contributed by atoms with E-state index < -0.39 is 0 Å². The van der Waals surface area contributed by atoms with Crippen molar-refractivity contribution >= 4 is 11.0 Å². The quantitative estimate of drug-likeness (QED) is 0.493. The number of hydrogen-bond acceptors (Lipinski definition) is 6. The van der Waals surface area contributed by atoms with E-state index in [1.54, 1.807) is 6.33 Å². The molecule has 1 aliphatic heterocycles. The third kappa shape index (κ3) is 4.26. The van der Waals surface area contributed by atoms with Gasteiger partial charge in [0, 0.05) is 68.2 Å². The minimum absolute atomic E-state index is 0.620. The van der Waals surface area contributed by atoms with Crippen LogP contribution >= 0.6 is 0 Å². The number of aromatic amines is 1. The molecule has 7 heteroatoms. The lowest BCUT2D eigenvalue weighted by molar-refractivity contribution is 0.233. The van der Waals surface area contributed by atoms with Gasteiger partial charge in [-0.1, -0.05) is 6.07 Å². The van der Waals surface area contributed by atoms with Crippen molar-refractivity contribution in [2.75, 3.05) is 26.2 Å². The SMILES string of the molecule is c1cc(CN2CCNCC2)cc(Cc2nc3ccc(-c4cc(C5CC5)ncn4)cc3[nH]2)n1. The number of pyridine rings is 1. The number of imidazole rings is 1. The van der Waals surface area contributed by atoms with Gasteiger partial charge in [0.1, 0.15) is 12.2 Å². The fourth-order valence-electron chi connectivity index (χ4n) is 4.46. The van der Waals surface area contributed by atoms with Gasteiger partial charge < -0.3 is 10.3 Å². The first-order valence-electron chi connectivity index (χ1n) is 11.5. The summed E-state index contributed by atoms with van der Waals surface area (Å²) in [5, 5.41) is 3.41. The fraction of sp³-hybridized carbons (Fsp3) is 0.360. The first-order chi connectivity index (χ1) is 15.8. The van der Waals surface area contributed by atoms with Crippen molar-refractivity contribution in [1.82, 2.24) is 35.1 Å². The smallest absolute Gasteiger partial charge is 0.116 e. The lowest BCUT2D eigenvalue weighted by Gasteiger charge is -2.27. The van der Waals surface area contributed by atoms with E-state index in [0.29, 0.717) is 12.3 Å². The third-order valence-electron chi connectivity index (χ3n) is 6.36. The van der Waals surface area contributed by atoms with Crippen LogP contribution in [0.4, 0.5) is 0 Å². The van der Waals surface area contributed by atoms with E-state index in [9.17, 15) is 0 Å². The van der Waals surface area contributed by atoms with E-state index >= 15 is 0 Å². The minimum Gasteiger partial charge on any atom is -0.342 e. The van der Waals surface area contributed by atoms with Gasteiger partial charge in [0.25, 0.3) is 0 Å². The molecule has 3 aromatic heterocycles. The first-order valence-corrected chi connectivity index (χ1v) is 11.5. The van der Waals surface area contributed by atoms with Crippen molar-refractivity contribution in [3.63, 3.8) is 0 Å². The number of fused-ring (bicyclic) bond motifs is 1. The van der Waals surface area contributed by atoms with Crippen molar-refractivity contribution in [1.29, 1.82) is 0 Å². The first kappa shape index (κ1) is 19.5. The van der Waals surface area contributed by atoms with Crippen LogP contribution in [0.1, 0.15) is 41.5 Å². The predicted octanol–water partition coefficient (Wildman–Crippen LogP) is 3.29. The number of nitrogens with zero attached hydrogens (tertiary/aromatic N) is 5. The average Bonchev–Trinajstić information content (AvgIpc) is 3.60. The Labute approximate surface area is 187 Å². The Morgan fingerprint density at radius 1 is 0.969 bits per heavy atom. The van der Waals surface area contributed by atoms with Crippen LogP contribution in [-0.2, 0) is 13.0 Å². The third-order valence-corrected chi connectivity index (χ3v) is 6.36. The van der Waals surface area contributed by atoms with Crippen LogP contribution in [0, 0.1) is 0 Å². The highest BCUT2D eigenvalue weighted by Gasteiger charge is 2.25. The minimum atomic E-state index is 0.620. The Morgan fingerprint density at radius 2 is 1.88 bits per heavy atom. The zero-order chi connectivity index (χ0) is 21.3. The monoisotopic (exact) mass is 425 g/mol.